The summed E-state index contributed by atoms with van der Waals surface area (Å²) >= 11 is 0. The maximum absolute atomic E-state index is 13.0. The number of rotatable bonds is 8. The maximum atomic E-state index is 13.0. The zero-order valence-electron chi connectivity index (χ0n) is 17.3. The number of aryl methyl sites for hydroxylation is 1. The Bertz CT molecular complexity index is 725. The fourth-order valence-electron chi connectivity index (χ4n) is 4.58. The zero-order chi connectivity index (χ0) is 21.0. The van der Waals surface area contributed by atoms with Gasteiger partial charge in [-0.15, -0.1) is 0 Å². The number of nitrogens with two attached hydrogens (primary N) is 1. The van der Waals surface area contributed by atoms with Crippen LogP contribution in [0.2, 0.25) is 0 Å². The van der Waals surface area contributed by atoms with E-state index in [1.54, 1.807) is 11.8 Å². The molecule has 0 spiro atoms. The summed E-state index contributed by atoms with van der Waals surface area (Å²) < 4.78 is 0. The van der Waals surface area contributed by atoms with Crippen LogP contribution >= 0.6 is 0 Å². The monoisotopic (exact) mass is 400 g/mol. The van der Waals surface area contributed by atoms with Crippen LogP contribution in [0, 0.1) is 17.8 Å². The van der Waals surface area contributed by atoms with Crippen molar-refractivity contribution in [2.45, 2.75) is 32.7 Å². The van der Waals surface area contributed by atoms with Crippen molar-refractivity contribution in [2.75, 3.05) is 32.7 Å². The minimum atomic E-state index is -0.884. The largest absolute Gasteiger partial charge is 0.369 e. The molecule has 1 aromatic rings. The standard InChI is InChI=1S/C22H32N4O3/c1-15(21(23)28)20(24-16(2)27)22(29)26-13-18-11-25(12-19(18)14-26)10-6-9-17-7-4-3-5-8-17/h3-5,7-8,15,18-20H,6,9-14H2,1-2H3,(H2,23,28)(H,24,27)/t15?,18-,19?,20+/m0/s1. The van der Waals surface area contributed by atoms with Gasteiger partial charge >= 0.3 is 0 Å². The first kappa shape index (κ1) is 21.3. The number of carbonyl (C=O) groups excluding carboxylic acids is 3. The molecule has 7 heteroatoms. The van der Waals surface area contributed by atoms with E-state index < -0.39 is 17.9 Å². The number of nitrogens with zero attached hydrogens (tertiary/aromatic N) is 2. The summed E-state index contributed by atoms with van der Waals surface area (Å²) in [6.07, 6.45) is 2.22. The Morgan fingerprint density at radius 1 is 1.10 bits per heavy atom. The van der Waals surface area contributed by atoms with Gasteiger partial charge in [-0.2, -0.15) is 0 Å². The molecule has 2 saturated heterocycles. The third-order valence-electron chi connectivity index (χ3n) is 6.23. The van der Waals surface area contributed by atoms with Crippen molar-refractivity contribution in [3.8, 4) is 0 Å². The molecule has 2 unspecified atom stereocenters. The molecule has 3 amide bonds. The molecule has 1 aromatic carbocycles. The molecule has 0 aromatic heterocycles. The number of likely N-dealkylation sites (tertiary alicyclic amines) is 2. The van der Waals surface area contributed by atoms with E-state index in [2.05, 4.69) is 34.5 Å². The molecule has 0 bridgehead atoms. The third-order valence-corrected chi connectivity index (χ3v) is 6.23. The Kier molecular flexibility index (Phi) is 6.90. The Labute approximate surface area is 172 Å². The van der Waals surface area contributed by atoms with Gasteiger partial charge < -0.3 is 20.9 Å². The van der Waals surface area contributed by atoms with Gasteiger partial charge in [-0.1, -0.05) is 37.3 Å². The summed E-state index contributed by atoms with van der Waals surface area (Å²) in [7, 11) is 0. The topological polar surface area (TPSA) is 95.7 Å². The van der Waals surface area contributed by atoms with E-state index in [1.165, 1.54) is 12.5 Å². The van der Waals surface area contributed by atoms with Gasteiger partial charge in [0, 0.05) is 33.1 Å². The summed E-state index contributed by atoms with van der Waals surface area (Å²) in [6, 6.07) is 9.65. The SMILES string of the molecule is CC(=O)N[C@@H](C(=O)N1CC2CN(CCCc3ccccc3)C[C@H]2C1)C(C)C(N)=O. The van der Waals surface area contributed by atoms with Crippen LogP contribution < -0.4 is 11.1 Å². The van der Waals surface area contributed by atoms with Gasteiger partial charge in [0.2, 0.25) is 17.7 Å². The average Bonchev–Trinajstić information content (AvgIpc) is 3.24. The molecule has 0 radical (unpaired) electrons. The van der Waals surface area contributed by atoms with Crippen LogP contribution in [0.3, 0.4) is 0 Å². The minimum Gasteiger partial charge on any atom is -0.369 e. The highest BCUT2D eigenvalue weighted by atomic mass is 16.2. The second kappa shape index (κ2) is 9.39. The van der Waals surface area contributed by atoms with Crippen LogP contribution in [0.25, 0.3) is 0 Å². The minimum absolute atomic E-state index is 0.198. The quantitative estimate of drug-likeness (QED) is 0.669. The van der Waals surface area contributed by atoms with Crippen molar-refractivity contribution in [3.05, 3.63) is 35.9 Å². The van der Waals surface area contributed by atoms with E-state index in [0.29, 0.717) is 24.9 Å². The lowest BCUT2D eigenvalue weighted by atomic mass is 10.00. The van der Waals surface area contributed by atoms with E-state index >= 15 is 0 Å². The number of fused-ring (bicyclic) bond motifs is 1. The number of hydrogen-bond acceptors (Lipinski definition) is 4. The first-order valence-corrected chi connectivity index (χ1v) is 10.5. The lowest BCUT2D eigenvalue weighted by molar-refractivity contribution is -0.139. The first-order valence-electron chi connectivity index (χ1n) is 10.5. The molecule has 2 fully saturated rings. The number of benzene rings is 1. The molecule has 0 saturated carbocycles. The highest BCUT2D eigenvalue weighted by Crippen LogP contribution is 2.32. The van der Waals surface area contributed by atoms with E-state index in [4.69, 9.17) is 5.73 Å². The van der Waals surface area contributed by atoms with Crippen LogP contribution in [0.15, 0.2) is 30.3 Å². The molecule has 0 aliphatic carbocycles. The first-order chi connectivity index (χ1) is 13.8. The molecule has 7 nitrogen and oxygen atoms in total. The maximum Gasteiger partial charge on any atom is 0.245 e. The number of carbonyl (C=O) groups is 3. The van der Waals surface area contributed by atoms with Gasteiger partial charge in [0.25, 0.3) is 0 Å². The Morgan fingerprint density at radius 2 is 1.72 bits per heavy atom. The molecule has 4 atom stereocenters. The highest BCUT2D eigenvalue weighted by molar-refractivity contribution is 5.92. The second-order valence-electron chi connectivity index (χ2n) is 8.48. The van der Waals surface area contributed by atoms with Gasteiger partial charge in [-0.3, -0.25) is 14.4 Å². The van der Waals surface area contributed by atoms with E-state index in [9.17, 15) is 14.4 Å². The van der Waals surface area contributed by atoms with Crippen molar-refractivity contribution >= 4 is 17.7 Å². The lowest BCUT2D eigenvalue weighted by Crippen LogP contribution is -2.53. The van der Waals surface area contributed by atoms with Gasteiger partial charge in [0.05, 0.1) is 5.92 Å². The summed E-state index contributed by atoms with van der Waals surface area (Å²) in [4.78, 5) is 40.3. The van der Waals surface area contributed by atoms with Crippen molar-refractivity contribution in [1.82, 2.24) is 15.1 Å². The average molecular weight is 401 g/mol. The van der Waals surface area contributed by atoms with E-state index in [0.717, 1.165) is 32.5 Å². The number of primary amides is 1. The second-order valence-corrected chi connectivity index (χ2v) is 8.48. The number of amides is 3. The van der Waals surface area contributed by atoms with Crippen molar-refractivity contribution in [1.29, 1.82) is 0 Å². The van der Waals surface area contributed by atoms with Crippen LogP contribution in [0.4, 0.5) is 0 Å². The van der Waals surface area contributed by atoms with Gasteiger partial charge in [-0.05, 0) is 36.8 Å². The molecule has 3 N–H and O–H groups in total. The molecule has 3 rings (SSSR count). The summed E-state index contributed by atoms with van der Waals surface area (Å²) in [5, 5.41) is 2.61. The molecule has 2 heterocycles. The third kappa shape index (κ3) is 5.35. The highest BCUT2D eigenvalue weighted by Gasteiger charge is 2.43. The fourth-order valence-corrected chi connectivity index (χ4v) is 4.58. The molecular weight excluding hydrogens is 368 g/mol. The van der Waals surface area contributed by atoms with Crippen LogP contribution in [-0.4, -0.2) is 66.3 Å². The van der Waals surface area contributed by atoms with Crippen LogP contribution in [-0.2, 0) is 20.8 Å². The van der Waals surface area contributed by atoms with Gasteiger partial charge in [-0.25, -0.2) is 0 Å². The number of hydrogen-bond donors (Lipinski definition) is 2. The Balaban J connectivity index is 1.49. The van der Waals surface area contributed by atoms with E-state index in [1.807, 2.05) is 6.07 Å². The van der Waals surface area contributed by atoms with Crippen LogP contribution in [0.1, 0.15) is 25.8 Å². The predicted molar refractivity (Wildman–Crippen MR) is 111 cm³/mol. The zero-order valence-corrected chi connectivity index (χ0v) is 17.3. The van der Waals surface area contributed by atoms with Crippen LogP contribution in [0.5, 0.6) is 0 Å². The molecule has 2 aliphatic heterocycles. The van der Waals surface area contributed by atoms with Gasteiger partial charge in [0.1, 0.15) is 6.04 Å². The summed E-state index contributed by atoms with van der Waals surface area (Å²) in [5.74, 6) is -0.936. The predicted octanol–water partition coefficient (Wildman–Crippen LogP) is 0.636. The van der Waals surface area contributed by atoms with Crippen molar-refractivity contribution in [3.63, 3.8) is 0 Å². The summed E-state index contributed by atoms with van der Waals surface area (Å²) in [5.41, 5.74) is 6.75. The Hall–Kier alpha value is -2.41. The fraction of sp³-hybridized carbons (Fsp3) is 0.591. The van der Waals surface area contributed by atoms with Gasteiger partial charge in [0.15, 0.2) is 0 Å². The molecule has 158 valence electrons. The Morgan fingerprint density at radius 3 is 2.28 bits per heavy atom. The number of nitrogens with one attached hydrogen (secondary N) is 1. The molecule has 2 aliphatic rings. The smallest absolute Gasteiger partial charge is 0.245 e. The molecular formula is C22H32N4O3. The summed E-state index contributed by atoms with van der Waals surface area (Å²) in [6.45, 7) is 7.37. The van der Waals surface area contributed by atoms with Crippen molar-refractivity contribution in [2.24, 2.45) is 23.5 Å². The normalized spacial score (nSPS) is 23.4. The van der Waals surface area contributed by atoms with E-state index in [-0.39, 0.29) is 11.8 Å². The lowest BCUT2D eigenvalue weighted by Gasteiger charge is -2.28. The van der Waals surface area contributed by atoms with Crippen molar-refractivity contribution < 1.29 is 14.4 Å². The molecule has 29 heavy (non-hydrogen) atoms.